The first kappa shape index (κ1) is 25.4. The minimum absolute atomic E-state index is 0.0734. The fraction of sp³-hybridized carbons (Fsp3) is 0.121. The van der Waals surface area contributed by atoms with E-state index in [9.17, 15) is 9.50 Å². The zero-order valence-corrected chi connectivity index (χ0v) is 21.7. The van der Waals surface area contributed by atoms with Crippen LogP contribution in [-0.4, -0.2) is 31.5 Å². The standard InChI is InChI=1S/C33H27FN4O2/c34-27-11-7-26(8-12-27)32-31(25-15-17-35-18-16-25)30(29-21-38(19-4-20-39)37-33(29)36-32)24-9-13-28(14-10-24)40-22-23-5-2-1-3-6-23/h1-3,5-18,21,39H,4,19-20,22H2. The molecule has 6 nitrogen and oxygen atoms in total. The van der Waals surface area contributed by atoms with E-state index >= 15 is 0 Å². The Morgan fingerprint density at radius 1 is 0.775 bits per heavy atom. The van der Waals surface area contributed by atoms with Gasteiger partial charge in [0.05, 0.1) is 5.69 Å². The molecule has 0 unspecified atom stereocenters. The molecule has 7 heteroatoms. The topological polar surface area (TPSA) is 73.1 Å². The number of fused-ring (bicyclic) bond motifs is 1. The number of halogens is 1. The number of aliphatic hydroxyl groups excluding tert-OH is 1. The molecule has 0 spiro atoms. The van der Waals surface area contributed by atoms with Gasteiger partial charge in [0.1, 0.15) is 18.2 Å². The Bertz CT molecular complexity index is 1720. The van der Waals surface area contributed by atoms with Gasteiger partial charge in [0.2, 0.25) is 0 Å². The predicted molar refractivity (Wildman–Crippen MR) is 154 cm³/mol. The first-order valence-electron chi connectivity index (χ1n) is 13.1. The van der Waals surface area contributed by atoms with Gasteiger partial charge in [-0.2, -0.15) is 5.10 Å². The van der Waals surface area contributed by atoms with Crippen molar-refractivity contribution in [2.75, 3.05) is 6.61 Å². The van der Waals surface area contributed by atoms with Crippen molar-refractivity contribution in [1.82, 2.24) is 19.7 Å². The van der Waals surface area contributed by atoms with E-state index in [1.54, 1.807) is 24.5 Å². The number of aliphatic hydroxyl groups is 1. The molecule has 0 radical (unpaired) electrons. The van der Waals surface area contributed by atoms with E-state index in [0.717, 1.165) is 44.5 Å². The number of hydrogen-bond donors (Lipinski definition) is 1. The van der Waals surface area contributed by atoms with Gasteiger partial charge in [0.25, 0.3) is 0 Å². The SMILES string of the molecule is OCCCn1cc2c(-c3ccc(OCc4ccccc4)cc3)c(-c3ccncc3)c(-c3ccc(F)cc3)nc2n1. The number of ether oxygens (including phenoxy) is 1. The zero-order chi connectivity index (χ0) is 27.3. The number of rotatable bonds is 9. The van der Waals surface area contributed by atoms with Crippen LogP contribution in [0.3, 0.4) is 0 Å². The number of benzene rings is 3. The van der Waals surface area contributed by atoms with Crippen molar-refractivity contribution in [3.63, 3.8) is 0 Å². The molecule has 1 N–H and O–H groups in total. The molecule has 0 aliphatic rings. The van der Waals surface area contributed by atoms with Crippen molar-refractivity contribution < 1.29 is 14.2 Å². The van der Waals surface area contributed by atoms with Crippen LogP contribution in [-0.2, 0) is 13.2 Å². The first-order chi connectivity index (χ1) is 19.7. The van der Waals surface area contributed by atoms with Crippen molar-refractivity contribution in [2.24, 2.45) is 0 Å². The molecular formula is C33H27FN4O2. The summed E-state index contributed by atoms with van der Waals surface area (Å²) in [5.74, 6) is 0.454. The van der Waals surface area contributed by atoms with Gasteiger partial charge in [0.15, 0.2) is 5.65 Å². The van der Waals surface area contributed by atoms with Crippen LogP contribution in [0.15, 0.2) is 110 Å². The van der Waals surface area contributed by atoms with Crippen LogP contribution in [0.1, 0.15) is 12.0 Å². The van der Waals surface area contributed by atoms with Crippen LogP contribution in [0.25, 0.3) is 44.5 Å². The molecule has 40 heavy (non-hydrogen) atoms. The molecule has 0 saturated carbocycles. The lowest BCUT2D eigenvalue weighted by Gasteiger charge is -2.17. The second kappa shape index (κ2) is 11.5. The minimum Gasteiger partial charge on any atom is -0.489 e. The Kier molecular flexibility index (Phi) is 7.28. The second-order valence-electron chi connectivity index (χ2n) is 9.46. The van der Waals surface area contributed by atoms with Crippen LogP contribution in [0.2, 0.25) is 0 Å². The van der Waals surface area contributed by atoms with Gasteiger partial charge in [-0.05, 0) is 71.6 Å². The molecule has 198 valence electrons. The molecule has 6 rings (SSSR count). The summed E-state index contributed by atoms with van der Waals surface area (Å²) in [6, 6.07) is 28.3. The smallest absolute Gasteiger partial charge is 0.182 e. The van der Waals surface area contributed by atoms with E-state index < -0.39 is 0 Å². The molecule has 3 heterocycles. The maximum atomic E-state index is 13.9. The molecule has 0 amide bonds. The number of hydrogen-bond acceptors (Lipinski definition) is 5. The fourth-order valence-corrected chi connectivity index (χ4v) is 4.81. The maximum Gasteiger partial charge on any atom is 0.182 e. The first-order valence-corrected chi connectivity index (χ1v) is 13.1. The van der Waals surface area contributed by atoms with Gasteiger partial charge in [-0.3, -0.25) is 9.67 Å². The van der Waals surface area contributed by atoms with Crippen LogP contribution in [0, 0.1) is 5.82 Å². The highest BCUT2D eigenvalue weighted by Crippen LogP contribution is 2.43. The molecule has 3 aromatic carbocycles. The molecule has 0 saturated heterocycles. The van der Waals surface area contributed by atoms with Crippen LogP contribution in [0.4, 0.5) is 4.39 Å². The molecular weight excluding hydrogens is 503 g/mol. The number of aryl methyl sites for hydroxylation is 1. The van der Waals surface area contributed by atoms with Crippen molar-refractivity contribution >= 4 is 11.0 Å². The lowest BCUT2D eigenvalue weighted by atomic mass is 9.89. The lowest BCUT2D eigenvalue weighted by Crippen LogP contribution is -2.00. The molecule has 0 aliphatic heterocycles. The molecule has 6 aromatic rings. The highest BCUT2D eigenvalue weighted by molar-refractivity contribution is 6.06. The minimum atomic E-state index is -0.310. The third kappa shape index (κ3) is 5.32. The summed E-state index contributed by atoms with van der Waals surface area (Å²) in [6.45, 7) is 1.12. The number of nitrogens with zero attached hydrogens (tertiary/aromatic N) is 4. The molecule has 0 bridgehead atoms. The Hall–Kier alpha value is -4.88. The summed E-state index contributed by atoms with van der Waals surface area (Å²) < 4.78 is 21.7. The van der Waals surface area contributed by atoms with Gasteiger partial charge in [-0.15, -0.1) is 0 Å². The van der Waals surface area contributed by atoms with Crippen LogP contribution >= 0.6 is 0 Å². The van der Waals surface area contributed by atoms with Gasteiger partial charge < -0.3 is 9.84 Å². The van der Waals surface area contributed by atoms with E-state index in [4.69, 9.17) is 14.8 Å². The Balaban J connectivity index is 1.52. The molecule has 0 atom stereocenters. The Labute approximate surface area is 231 Å². The summed E-state index contributed by atoms with van der Waals surface area (Å²) in [5, 5.41) is 15.0. The van der Waals surface area contributed by atoms with Crippen molar-refractivity contribution in [3.8, 4) is 39.3 Å². The van der Waals surface area contributed by atoms with Crippen LogP contribution < -0.4 is 4.74 Å². The summed E-state index contributed by atoms with van der Waals surface area (Å²) in [4.78, 5) is 9.20. The summed E-state index contributed by atoms with van der Waals surface area (Å²) in [7, 11) is 0. The van der Waals surface area contributed by atoms with E-state index in [0.29, 0.717) is 30.9 Å². The van der Waals surface area contributed by atoms with E-state index in [-0.39, 0.29) is 12.4 Å². The van der Waals surface area contributed by atoms with E-state index in [1.807, 2.05) is 77.6 Å². The quantitative estimate of drug-likeness (QED) is 0.220. The van der Waals surface area contributed by atoms with Crippen molar-refractivity contribution in [1.29, 1.82) is 0 Å². The van der Waals surface area contributed by atoms with Crippen LogP contribution in [0.5, 0.6) is 5.75 Å². The fourth-order valence-electron chi connectivity index (χ4n) is 4.81. The lowest BCUT2D eigenvalue weighted by molar-refractivity contribution is 0.277. The monoisotopic (exact) mass is 530 g/mol. The van der Waals surface area contributed by atoms with Gasteiger partial charge in [-0.25, -0.2) is 9.37 Å². The van der Waals surface area contributed by atoms with E-state index in [2.05, 4.69) is 4.98 Å². The Morgan fingerprint density at radius 2 is 1.48 bits per heavy atom. The molecule has 0 aliphatic carbocycles. The number of pyridine rings is 2. The third-order valence-corrected chi connectivity index (χ3v) is 6.74. The maximum absolute atomic E-state index is 13.9. The predicted octanol–water partition coefficient (Wildman–Crippen LogP) is 6.93. The normalized spacial score (nSPS) is 11.2. The largest absolute Gasteiger partial charge is 0.489 e. The average molecular weight is 531 g/mol. The molecule has 0 fully saturated rings. The summed E-state index contributed by atoms with van der Waals surface area (Å²) in [5.41, 5.74) is 6.93. The second-order valence-corrected chi connectivity index (χ2v) is 9.46. The summed E-state index contributed by atoms with van der Waals surface area (Å²) >= 11 is 0. The zero-order valence-electron chi connectivity index (χ0n) is 21.7. The Morgan fingerprint density at radius 3 is 2.20 bits per heavy atom. The van der Waals surface area contributed by atoms with Crippen molar-refractivity contribution in [3.05, 3.63) is 121 Å². The summed E-state index contributed by atoms with van der Waals surface area (Å²) in [6.07, 6.45) is 6.07. The molecule has 3 aromatic heterocycles. The highest BCUT2D eigenvalue weighted by atomic mass is 19.1. The van der Waals surface area contributed by atoms with Gasteiger partial charge in [0, 0.05) is 53.8 Å². The van der Waals surface area contributed by atoms with Gasteiger partial charge in [-0.1, -0.05) is 42.5 Å². The number of aromatic nitrogens is 4. The average Bonchev–Trinajstić information content (AvgIpc) is 3.42. The van der Waals surface area contributed by atoms with Crippen molar-refractivity contribution in [2.45, 2.75) is 19.6 Å². The highest BCUT2D eigenvalue weighted by Gasteiger charge is 2.22. The third-order valence-electron chi connectivity index (χ3n) is 6.74. The van der Waals surface area contributed by atoms with Gasteiger partial charge >= 0.3 is 0 Å². The van der Waals surface area contributed by atoms with E-state index in [1.165, 1.54) is 12.1 Å².